The number of hydrogen-bond acceptors (Lipinski definition) is 4. The fraction of sp³-hybridized carbons (Fsp3) is 0.0667. The zero-order valence-electron chi connectivity index (χ0n) is 11.7. The molecule has 0 saturated heterocycles. The number of pyridine rings is 1. The van der Waals surface area contributed by atoms with Crippen molar-refractivity contribution in [1.29, 1.82) is 0 Å². The maximum Gasteiger partial charge on any atom is 0.267 e. The Bertz CT molecular complexity index is 1010. The van der Waals surface area contributed by atoms with Crippen LogP contribution in [-0.2, 0) is 0 Å². The molecule has 0 radical (unpaired) electrons. The number of hydrogen-bond donors (Lipinski definition) is 1. The van der Waals surface area contributed by atoms with Gasteiger partial charge in [-0.05, 0) is 25.1 Å². The Hall–Kier alpha value is -2.44. The predicted molar refractivity (Wildman–Crippen MR) is 86.2 cm³/mol. The number of carbonyl (C=O) groups excluding carboxylic acids is 2. The van der Waals surface area contributed by atoms with Gasteiger partial charge in [0.25, 0.3) is 11.8 Å². The zero-order chi connectivity index (χ0) is 16.3. The molecule has 3 aromatic rings. The van der Waals surface area contributed by atoms with Crippen molar-refractivity contribution in [2.24, 2.45) is 0 Å². The predicted octanol–water partition coefficient (Wildman–Crippen LogP) is 3.37. The summed E-state index contributed by atoms with van der Waals surface area (Å²) < 4.78 is 0. The first-order chi connectivity index (χ1) is 11.0. The minimum absolute atomic E-state index is 0.248. The van der Waals surface area contributed by atoms with Gasteiger partial charge in [0, 0.05) is 11.9 Å². The van der Waals surface area contributed by atoms with Gasteiger partial charge < -0.3 is 0 Å². The third-order valence-corrected chi connectivity index (χ3v) is 4.51. The van der Waals surface area contributed by atoms with E-state index in [1.165, 1.54) is 12.3 Å². The van der Waals surface area contributed by atoms with Crippen LogP contribution in [0.5, 0.6) is 0 Å². The summed E-state index contributed by atoms with van der Waals surface area (Å²) in [4.78, 5) is 30.7. The van der Waals surface area contributed by atoms with E-state index in [2.05, 4.69) is 15.2 Å². The van der Waals surface area contributed by atoms with Crippen LogP contribution in [0, 0.1) is 6.92 Å². The standard InChI is InChI=1S/C15H8Cl2N4O2/c1-6-11-12-8(5-18-13(11)20-19-6)14(22)21(15(12)23)7-2-3-9(16)10(17)4-7/h2-5H,1H3,(H,18,19,20). The van der Waals surface area contributed by atoms with Gasteiger partial charge in [-0.3, -0.25) is 14.7 Å². The summed E-state index contributed by atoms with van der Waals surface area (Å²) in [5.74, 6) is -0.876. The summed E-state index contributed by atoms with van der Waals surface area (Å²) in [5.41, 5.74) is 2.00. The second-order valence-corrected chi connectivity index (χ2v) is 5.95. The number of aromatic amines is 1. The Labute approximate surface area is 140 Å². The monoisotopic (exact) mass is 346 g/mol. The van der Waals surface area contributed by atoms with E-state index < -0.39 is 11.8 Å². The number of anilines is 1. The second kappa shape index (κ2) is 4.78. The van der Waals surface area contributed by atoms with E-state index in [1.54, 1.807) is 19.1 Å². The van der Waals surface area contributed by atoms with E-state index in [9.17, 15) is 9.59 Å². The van der Waals surface area contributed by atoms with Gasteiger partial charge in [0.05, 0.1) is 32.2 Å². The number of amides is 2. The van der Waals surface area contributed by atoms with E-state index in [4.69, 9.17) is 23.2 Å². The zero-order valence-corrected chi connectivity index (χ0v) is 13.2. The second-order valence-electron chi connectivity index (χ2n) is 5.14. The summed E-state index contributed by atoms with van der Waals surface area (Å²) in [6.45, 7) is 1.77. The lowest BCUT2D eigenvalue weighted by Crippen LogP contribution is -2.29. The molecule has 0 fully saturated rings. The fourth-order valence-corrected chi connectivity index (χ4v) is 2.99. The number of benzene rings is 1. The van der Waals surface area contributed by atoms with Crippen LogP contribution in [0.2, 0.25) is 10.0 Å². The molecule has 1 aliphatic heterocycles. The van der Waals surface area contributed by atoms with Crippen molar-refractivity contribution in [1.82, 2.24) is 15.2 Å². The summed E-state index contributed by atoms with van der Waals surface area (Å²) >= 11 is 11.9. The molecule has 0 saturated carbocycles. The van der Waals surface area contributed by atoms with E-state index in [1.807, 2.05) is 0 Å². The first-order valence-electron chi connectivity index (χ1n) is 6.66. The van der Waals surface area contributed by atoms with Crippen molar-refractivity contribution < 1.29 is 9.59 Å². The highest BCUT2D eigenvalue weighted by Gasteiger charge is 2.39. The lowest BCUT2D eigenvalue weighted by atomic mass is 10.1. The smallest absolute Gasteiger partial charge is 0.267 e. The third kappa shape index (κ3) is 1.89. The lowest BCUT2D eigenvalue weighted by molar-refractivity contribution is 0.0926. The largest absolute Gasteiger partial charge is 0.280 e. The normalized spacial score (nSPS) is 14.0. The number of carbonyl (C=O) groups is 2. The summed E-state index contributed by atoms with van der Waals surface area (Å²) in [5, 5.41) is 7.98. The van der Waals surface area contributed by atoms with E-state index in [-0.39, 0.29) is 10.6 Å². The fourth-order valence-electron chi connectivity index (χ4n) is 2.70. The number of rotatable bonds is 1. The van der Waals surface area contributed by atoms with Crippen LogP contribution in [0.15, 0.2) is 24.4 Å². The average Bonchev–Trinajstić information content (AvgIpc) is 3.02. The molecular formula is C15H8Cl2N4O2. The molecule has 6 nitrogen and oxygen atoms in total. The van der Waals surface area contributed by atoms with Gasteiger partial charge in [-0.25, -0.2) is 9.88 Å². The molecule has 3 heterocycles. The van der Waals surface area contributed by atoms with Gasteiger partial charge >= 0.3 is 0 Å². The van der Waals surface area contributed by atoms with Crippen LogP contribution in [-0.4, -0.2) is 27.0 Å². The molecule has 0 aliphatic carbocycles. The van der Waals surface area contributed by atoms with E-state index in [0.717, 1.165) is 4.90 Å². The highest BCUT2D eigenvalue weighted by atomic mass is 35.5. The van der Waals surface area contributed by atoms with Crippen LogP contribution < -0.4 is 4.90 Å². The number of halogens is 2. The van der Waals surface area contributed by atoms with E-state index >= 15 is 0 Å². The molecule has 0 bridgehead atoms. The summed E-state index contributed by atoms with van der Waals surface area (Å²) in [6.07, 6.45) is 1.37. The molecule has 0 spiro atoms. The molecule has 114 valence electrons. The van der Waals surface area contributed by atoms with Gasteiger partial charge in [-0.2, -0.15) is 5.10 Å². The number of imide groups is 1. The highest BCUT2D eigenvalue weighted by molar-refractivity contribution is 6.43. The Balaban J connectivity index is 1.94. The Morgan fingerprint density at radius 3 is 2.65 bits per heavy atom. The van der Waals surface area contributed by atoms with Gasteiger partial charge in [-0.15, -0.1) is 0 Å². The molecule has 1 N–H and O–H groups in total. The van der Waals surface area contributed by atoms with Crippen molar-refractivity contribution >= 4 is 51.7 Å². The average molecular weight is 347 g/mol. The minimum atomic E-state index is -0.446. The van der Waals surface area contributed by atoms with Gasteiger partial charge in [-0.1, -0.05) is 23.2 Å². The molecule has 1 aromatic carbocycles. The molecule has 2 amide bonds. The van der Waals surface area contributed by atoms with Crippen molar-refractivity contribution in [2.75, 3.05) is 4.90 Å². The number of fused-ring (bicyclic) bond motifs is 3. The SMILES string of the molecule is Cc1[nH]nc2ncc3c(c12)C(=O)N(c1ccc(Cl)c(Cl)c1)C3=O. The topological polar surface area (TPSA) is 79.0 Å². The van der Waals surface area contributed by atoms with Crippen LogP contribution in [0.25, 0.3) is 11.0 Å². The van der Waals surface area contributed by atoms with Crippen LogP contribution in [0.4, 0.5) is 5.69 Å². The van der Waals surface area contributed by atoms with Crippen LogP contribution in [0.3, 0.4) is 0 Å². The first-order valence-corrected chi connectivity index (χ1v) is 7.42. The van der Waals surface area contributed by atoms with Gasteiger partial charge in [0.15, 0.2) is 5.65 Å². The molecule has 23 heavy (non-hydrogen) atoms. The summed E-state index contributed by atoms with van der Waals surface area (Å²) in [7, 11) is 0. The Kier molecular flexibility index (Phi) is 2.94. The minimum Gasteiger partial charge on any atom is -0.280 e. The molecule has 1 aliphatic rings. The quantitative estimate of drug-likeness (QED) is 0.685. The maximum atomic E-state index is 12.8. The van der Waals surface area contributed by atoms with Crippen molar-refractivity contribution in [3.05, 3.63) is 51.3 Å². The highest BCUT2D eigenvalue weighted by Crippen LogP contribution is 2.35. The van der Waals surface area contributed by atoms with Gasteiger partial charge in [0.2, 0.25) is 0 Å². The van der Waals surface area contributed by atoms with Crippen molar-refractivity contribution in [2.45, 2.75) is 6.92 Å². The molecule has 2 aromatic heterocycles. The van der Waals surface area contributed by atoms with E-state index in [0.29, 0.717) is 33.0 Å². The van der Waals surface area contributed by atoms with Crippen LogP contribution in [0.1, 0.15) is 26.4 Å². The molecular weight excluding hydrogens is 339 g/mol. The number of nitrogens with zero attached hydrogens (tertiary/aromatic N) is 3. The third-order valence-electron chi connectivity index (χ3n) is 3.78. The number of H-pyrrole nitrogens is 1. The molecule has 0 unspecified atom stereocenters. The number of aromatic nitrogens is 3. The lowest BCUT2D eigenvalue weighted by Gasteiger charge is -2.14. The molecule has 0 atom stereocenters. The molecule has 4 rings (SSSR count). The summed E-state index contributed by atoms with van der Waals surface area (Å²) in [6, 6.07) is 4.60. The number of aryl methyl sites for hydroxylation is 1. The first kappa shape index (κ1) is 14.2. The maximum absolute atomic E-state index is 12.8. The Morgan fingerprint density at radius 2 is 1.91 bits per heavy atom. The Morgan fingerprint density at radius 1 is 1.13 bits per heavy atom. The van der Waals surface area contributed by atoms with Crippen LogP contribution >= 0.6 is 23.2 Å². The van der Waals surface area contributed by atoms with Crippen molar-refractivity contribution in [3.63, 3.8) is 0 Å². The molecule has 8 heteroatoms. The van der Waals surface area contributed by atoms with Gasteiger partial charge in [0.1, 0.15) is 0 Å². The number of nitrogens with one attached hydrogen (secondary N) is 1. The van der Waals surface area contributed by atoms with Crippen molar-refractivity contribution in [3.8, 4) is 0 Å².